The number of hydrogen-bond donors (Lipinski definition) is 3. The minimum Gasteiger partial charge on any atom is -0.480 e. The first-order chi connectivity index (χ1) is 8.81. The van der Waals surface area contributed by atoms with Crippen LogP contribution in [-0.2, 0) is 14.8 Å². The van der Waals surface area contributed by atoms with Gasteiger partial charge in [0.25, 0.3) is 0 Å². The molecule has 1 unspecified atom stereocenters. The minimum absolute atomic E-state index is 0.0248. The third-order valence-electron chi connectivity index (χ3n) is 2.29. The number of carboxylic acid groups (broad SMARTS) is 1. The summed E-state index contributed by atoms with van der Waals surface area (Å²) in [7, 11) is -4.15. The molecule has 9 nitrogen and oxygen atoms in total. The second-order valence-corrected chi connectivity index (χ2v) is 5.93. The molecule has 2 aromatic rings. The van der Waals surface area contributed by atoms with Crippen LogP contribution in [0.3, 0.4) is 0 Å². The monoisotopic (exact) mass is 305 g/mol. The molecule has 0 bridgehead atoms. The van der Waals surface area contributed by atoms with Crippen LogP contribution in [0.15, 0.2) is 6.33 Å². The molecule has 2 aromatic heterocycles. The maximum Gasteiger partial charge on any atom is 0.323 e. The zero-order chi connectivity index (χ0) is 14.2. The van der Waals surface area contributed by atoms with Crippen molar-refractivity contribution in [2.45, 2.75) is 12.2 Å². The highest BCUT2D eigenvalue weighted by atomic mass is 35.5. The topological polar surface area (TPSA) is 138 Å². The summed E-state index contributed by atoms with van der Waals surface area (Å²) < 4.78 is 25.3. The predicted molar refractivity (Wildman–Crippen MR) is 66.3 cm³/mol. The molecule has 0 aromatic carbocycles. The number of carbonyl (C=O) groups is 1. The van der Waals surface area contributed by atoms with Crippen LogP contribution >= 0.6 is 11.6 Å². The Morgan fingerprint density at radius 3 is 2.84 bits per heavy atom. The van der Waals surface area contributed by atoms with E-state index in [4.69, 9.17) is 16.7 Å². The molecule has 2 rings (SSSR count). The second-order valence-electron chi connectivity index (χ2n) is 3.57. The lowest BCUT2D eigenvalue weighted by molar-refractivity contribution is -0.136. The number of sulfonamides is 1. The number of carboxylic acids is 1. The van der Waals surface area contributed by atoms with Crippen LogP contribution in [0.1, 0.15) is 6.92 Å². The summed E-state index contributed by atoms with van der Waals surface area (Å²) in [6.07, 6.45) is 1.32. The van der Waals surface area contributed by atoms with Crippen molar-refractivity contribution in [2.75, 3.05) is 4.72 Å². The Morgan fingerprint density at radius 1 is 1.53 bits per heavy atom. The van der Waals surface area contributed by atoms with E-state index in [1.54, 1.807) is 0 Å². The fraction of sp³-hybridized carbons (Fsp3) is 0.250. The number of halogens is 1. The number of nitrogens with one attached hydrogen (secondary N) is 2. The van der Waals surface area contributed by atoms with Crippen molar-refractivity contribution >= 4 is 44.7 Å². The largest absolute Gasteiger partial charge is 0.480 e. The van der Waals surface area contributed by atoms with Gasteiger partial charge in [-0.1, -0.05) is 11.6 Å². The number of aliphatic carboxylic acids is 1. The smallest absolute Gasteiger partial charge is 0.323 e. The number of hydrogen-bond acceptors (Lipinski definition) is 6. The van der Waals surface area contributed by atoms with Gasteiger partial charge in [-0.05, 0) is 6.92 Å². The van der Waals surface area contributed by atoms with E-state index in [1.165, 1.54) is 6.33 Å². The Kier molecular flexibility index (Phi) is 3.28. The SMILES string of the molecule is CC(C(=O)O)S(=O)(=O)Nc1nc(Cl)c2[nH]cnc2n1. The van der Waals surface area contributed by atoms with E-state index in [9.17, 15) is 13.2 Å². The Hall–Kier alpha value is -1.94. The fourth-order valence-electron chi connectivity index (χ4n) is 1.19. The van der Waals surface area contributed by atoms with Gasteiger partial charge in [-0.25, -0.2) is 13.4 Å². The van der Waals surface area contributed by atoms with Crippen molar-refractivity contribution in [2.24, 2.45) is 0 Å². The lowest BCUT2D eigenvalue weighted by Gasteiger charge is -2.09. The van der Waals surface area contributed by atoms with E-state index < -0.39 is 21.2 Å². The van der Waals surface area contributed by atoms with Crippen LogP contribution in [0.2, 0.25) is 5.15 Å². The van der Waals surface area contributed by atoms with E-state index in [0.717, 1.165) is 6.92 Å². The Balaban J connectivity index is 2.38. The van der Waals surface area contributed by atoms with Crippen molar-refractivity contribution in [1.82, 2.24) is 19.9 Å². The normalized spacial score (nSPS) is 13.4. The van der Waals surface area contributed by atoms with Crippen molar-refractivity contribution < 1.29 is 18.3 Å². The van der Waals surface area contributed by atoms with Gasteiger partial charge in [-0.2, -0.15) is 9.97 Å². The van der Waals surface area contributed by atoms with Gasteiger partial charge in [0, 0.05) is 0 Å². The average molecular weight is 306 g/mol. The summed E-state index contributed by atoms with van der Waals surface area (Å²) in [5.41, 5.74) is 0.525. The van der Waals surface area contributed by atoms with Crippen LogP contribution in [-0.4, -0.2) is 44.7 Å². The summed E-state index contributed by atoms with van der Waals surface area (Å²) >= 11 is 5.80. The summed E-state index contributed by atoms with van der Waals surface area (Å²) in [4.78, 5) is 24.7. The zero-order valence-corrected chi connectivity index (χ0v) is 11.0. The molecule has 0 aliphatic rings. The number of H-pyrrole nitrogens is 1. The van der Waals surface area contributed by atoms with Crippen LogP contribution < -0.4 is 4.72 Å². The van der Waals surface area contributed by atoms with Gasteiger partial charge in [-0.15, -0.1) is 0 Å². The highest BCUT2D eigenvalue weighted by Gasteiger charge is 2.28. The molecule has 19 heavy (non-hydrogen) atoms. The number of anilines is 1. The number of rotatable bonds is 4. The lowest BCUT2D eigenvalue weighted by Crippen LogP contribution is -2.32. The maximum atomic E-state index is 11.7. The predicted octanol–water partition coefficient (Wildman–Crippen LogP) is 0.221. The van der Waals surface area contributed by atoms with Crippen molar-refractivity contribution in [3.05, 3.63) is 11.5 Å². The molecule has 0 saturated heterocycles. The molecule has 0 spiro atoms. The highest BCUT2D eigenvalue weighted by molar-refractivity contribution is 7.94. The molecule has 3 N–H and O–H groups in total. The van der Waals surface area contributed by atoms with Gasteiger partial charge < -0.3 is 10.1 Å². The molecule has 0 saturated carbocycles. The maximum absolute atomic E-state index is 11.7. The molecule has 11 heteroatoms. The quantitative estimate of drug-likeness (QED) is 0.687. The summed E-state index contributed by atoms with van der Waals surface area (Å²) in [5.74, 6) is -1.82. The number of aromatic nitrogens is 4. The molecule has 0 radical (unpaired) electrons. The number of nitrogens with zero attached hydrogens (tertiary/aromatic N) is 3. The van der Waals surface area contributed by atoms with E-state index in [1.807, 2.05) is 4.72 Å². The summed E-state index contributed by atoms with van der Waals surface area (Å²) in [6.45, 7) is 1.03. The molecule has 0 aliphatic carbocycles. The van der Waals surface area contributed by atoms with Gasteiger partial charge in [0.15, 0.2) is 16.1 Å². The number of fused-ring (bicyclic) bond motifs is 1. The third kappa shape index (κ3) is 2.58. The number of imidazole rings is 1. The molecule has 0 amide bonds. The fourth-order valence-corrected chi connectivity index (χ4v) is 2.20. The van der Waals surface area contributed by atoms with Crippen molar-refractivity contribution in [3.63, 3.8) is 0 Å². The van der Waals surface area contributed by atoms with Gasteiger partial charge in [0.2, 0.25) is 16.0 Å². The first-order valence-corrected chi connectivity index (χ1v) is 6.85. The molecular weight excluding hydrogens is 298 g/mol. The van der Waals surface area contributed by atoms with Crippen LogP contribution in [0.5, 0.6) is 0 Å². The van der Waals surface area contributed by atoms with Crippen LogP contribution in [0.4, 0.5) is 5.95 Å². The lowest BCUT2D eigenvalue weighted by atomic mass is 10.5. The Labute approximate surface area is 112 Å². The molecule has 0 aliphatic heterocycles. The van der Waals surface area contributed by atoms with E-state index >= 15 is 0 Å². The Morgan fingerprint density at radius 2 is 2.21 bits per heavy atom. The zero-order valence-electron chi connectivity index (χ0n) is 9.45. The minimum atomic E-state index is -4.15. The molecule has 2 heterocycles. The molecule has 0 fully saturated rings. The average Bonchev–Trinajstić information content (AvgIpc) is 2.75. The van der Waals surface area contributed by atoms with Gasteiger partial charge in [0.05, 0.1) is 6.33 Å². The first kappa shape index (κ1) is 13.5. The number of aromatic amines is 1. The summed E-state index contributed by atoms with van der Waals surface area (Å²) in [5, 5.41) is 7.01. The summed E-state index contributed by atoms with van der Waals surface area (Å²) in [6, 6.07) is 0. The molecule has 102 valence electrons. The van der Waals surface area contributed by atoms with E-state index in [2.05, 4.69) is 19.9 Å². The van der Waals surface area contributed by atoms with E-state index in [0.29, 0.717) is 5.52 Å². The molecule has 1 atom stereocenters. The second kappa shape index (κ2) is 4.63. The molecular formula is C8H8ClN5O4S. The highest BCUT2D eigenvalue weighted by Crippen LogP contribution is 2.19. The van der Waals surface area contributed by atoms with Gasteiger partial charge >= 0.3 is 5.97 Å². The van der Waals surface area contributed by atoms with Crippen molar-refractivity contribution in [3.8, 4) is 0 Å². The first-order valence-electron chi connectivity index (χ1n) is 4.92. The standard InChI is InChI=1S/C8H8ClN5O4S/c1-3(7(15)16)19(17,18)14-8-12-5(9)4-6(13-8)11-2-10-4/h2-3H,1H3,(H,15,16)(H2,10,11,12,13,14). The Bertz CT molecular complexity index is 743. The van der Waals surface area contributed by atoms with Gasteiger partial charge in [0.1, 0.15) is 5.52 Å². The van der Waals surface area contributed by atoms with Crippen LogP contribution in [0.25, 0.3) is 11.2 Å². The van der Waals surface area contributed by atoms with Crippen LogP contribution in [0, 0.1) is 0 Å². The van der Waals surface area contributed by atoms with E-state index in [-0.39, 0.29) is 16.7 Å². The van der Waals surface area contributed by atoms with Gasteiger partial charge in [-0.3, -0.25) is 9.52 Å². The van der Waals surface area contributed by atoms with Crippen molar-refractivity contribution in [1.29, 1.82) is 0 Å². The third-order valence-corrected chi connectivity index (χ3v) is 4.16.